The summed E-state index contributed by atoms with van der Waals surface area (Å²) < 4.78 is 5.28. The predicted molar refractivity (Wildman–Crippen MR) is 154 cm³/mol. The third-order valence-corrected chi connectivity index (χ3v) is 6.51. The normalized spacial score (nSPS) is 11.5. The molecule has 0 unspecified atom stereocenters. The molecule has 0 saturated heterocycles. The fourth-order valence-corrected chi connectivity index (χ4v) is 4.26. The van der Waals surface area contributed by atoms with Crippen LogP contribution < -0.4 is 11.5 Å². The second-order valence-corrected chi connectivity index (χ2v) is 9.78. The minimum atomic E-state index is -0.480. The highest BCUT2D eigenvalue weighted by atomic mass is 35.5. The molecule has 0 aliphatic carbocycles. The van der Waals surface area contributed by atoms with Crippen LogP contribution in [0.15, 0.2) is 0 Å². The Morgan fingerprint density at radius 1 is 0.588 bits per heavy atom. The van der Waals surface area contributed by atoms with Crippen LogP contribution in [0.4, 0.5) is 0 Å². The van der Waals surface area contributed by atoms with E-state index in [9.17, 15) is 4.79 Å². The van der Waals surface area contributed by atoms with Crippen LogP contribution in [0.2, 0.25) is 0 Å². The third kappa shape index (κ3) is 30.0. The third-order valence-electron chi connectivity index (χ3n) is 6.51. The van der Waals surface area contributed by atoms with Crippen LogP contribution in [-0.4, -0.2) is 25.2 Å². The fourth-order valence-electron chi connectivity index (χ4n) is 4.26. The first-order chi connectivity index (χ1) is 15.7. The van der Waals surface area contributed by atoms with E-state index in [1.165, 1.54) is 116 Å². The summed E-state index contributed by atoms with van der Waals surface area (Å²) in [7, 11) is 0. The van der Waals surface area contributed by atoms with Crippen LogP contribution in [0.3, 0.4) is 0 Å². The minimum absolute atomic E-state index is 0. The molecular formula is C28H60Cl2N2O2. The van der Waals surface area contributed by atoms with Crippen molar-refractivity contribution < 1.29 is 9.53 Å². The number of esters is 1. The van der Waals surface area contributed by atoms with Gasteiger partial charge in [-0.2, -0.15) is 0 Å². The van der Waals surface area contributed by atoms with Gasteiger partial charge in [0.1, 0.15) is 6.04 Å². The molecule has 0 saturated carbocycles. The summed E-state index contributed by atoms with van der Waals surface area (Å²) >= 11 is 0. The molecule has 4 nitrogen and oxygen atoms in total. The van der Waals surface area contributed by atoms with Gasteiger partial charge in [0, 0.05) is 0 Å². The number of rotatable bonds is 26. The average molecular weight is 528 g/mol. The Hall–Kier alpha value is -0.0300. The Morgan fingerprint density at radius 3 is 1.29 bits per heavy atom. The van der Waals surface area contributed by atoms with Gasteiger partial charge < -0.3 is 16.2 Å². The maximum atomic E-state index is 11.8. The lowest BCUT2D eigenvalue weighted by atomic mass is 10.0. The van der Waals surface area contributed by atoms with Gasteiger partial charge in [-0.25, -0.2) is 0 Å². The molecule has 0 aliphatic heterocycles. The molecule has 0 fully saturated rings. The quantitative estimate of drug-likeness (QED) is 0.0871. The van der Waals surface area contributed by atoms with E-state index < -0.39 is 6.04 Å². The molecule has 0 bridgehead atoms. The van der Waals surface area contributed by atoms with Crippen molar-refractivity contribution in [3.8, 4) is 0 Å². The number of ether oxygens (including phenoxy) is 1. The minimum Gasteiger partial charge on any atom is -0.465 e. The summed E-state index contributed by atoms with van der Waals surface area (Å²) in [6.07, 6.45) is 30.0. The summed E-state index contributed by atoms with van der Waals surface area (Å²) in [5.74, 6) is -0.250. The molecule has 0 aromatic carbocycles. The van der Waals surface area contributed by atoms with Gasteiger partial charge in [0.25, 0.3) is 0 Å². The van der Waals surface area contributed by atoms with Crippen molar-refractivity contribution in [2.24, 2.45) is 11.5 Å². The van der Waals surface area contributed by atoms with Gasteiger partial charge in [-0.15, -0.1) is 24.8 Å². The van der Waals surface area contributed by atoms with E-state index in [2.05, 4.69) is 6.92 Å². The number of nitrogens with two attached hydrogens (primary N) is 2. The summed E-state index contributed by atoms with van der Waals surface area (Å²) in [6.45, 7) is 3.46. The molecule has 0 radical (unpaired) electrons. The standard InChI is InChI=1S/C28H58N2O2.2ClH/c1-2-3-4-5-6-7-8-9-10-11-12-13-14-15-16-17-18-19-20-23-26-32-28(31)27(30)24-21-22-25-29;;/h27H,2-26,29-30H2,1H3;2*1H/t27-;;/m0../s1. The SMILES string of the molecule is CCCCCCCCCCCCCCCCCCCCCCOC(=O)[C@@H](N)CCCCN.Cl.Cl. The van der Waals surface area contributed by atoms with E-state index in [4.69, 9.17) is 16.2 Å². The highest BCUT2D eigenvalue weighted by Gasteiger charge is 2.13. The van der Waals surface area contributed by atoms with Crippen LogP contribution >= 0.6 is 24.8 Å². The molecule has 34 heavy (non-hydrogen) atoms. The Kier molecular flexibility index (Phi) is 37.3. The number of carbonyl (C=O) groups excluding carboxylic acids is 1. The van der Waals surface area contributed by atoms with E-state index in [0.29, 0.717) is 19.6 Å². The van der Waals surface area contributed by atoms with Crippen molar-refractivity contribution in [1.29, 1.82) is 0 Å². The lowest BCUT2D eigenvalue weighted by Crippen LogP contribution is -2.32. The van der Waals surface area contributed by atoms with Crippen LogP contribution in [0.1, 0.15) is 155 Å². The Bertz CT molecular complexity index is 387. The van der Waals surface area contributed by atoms with Crippen molar-refractivity contribution in [1.82, 2.24) is 0 Å². The van der Waals surface area contributed by atoms with Crippen molar-refractivity contribution in [2.75, 3.05) is 13.2 Å². The molecule has 0 aromatic rings. The monoisotopic (exact) mass is 526 g/mol. The molecule has 1 atom stereocenters. The smallest absolute Gasteiger partial charge is 0.322 e. The summed E-state index contributed by atoms with van der Waals surface area (Å²) in [4.78, 5) is 11.8. The Labute approximate surface area is 225 Å². The van der Waals surface area contributed by atoms with Crippen LogP contribution in [0.25, 0.3) is 0 Å². The number of halogens is 2. The fraction of sp³-hybridized carbons (Fsp3) is 0.964. The van der Waals surface area contributed by atoms with E-state index in [-0.39, 0.29) is 30.8 Å². The first-order valence-corrected chi connectivity index (χ1v) is 14.3. The molecule has 0 rings (SSSR count). The Morgan fingerprint density at radius 2 is 0.941 bits per heavy atom. The van der Waals surface area contributed by atoms with Crippen LogP contribution in [0, 0.1) is 0 Å². The van der Waals surface area contributed by atoms with Gasteiger partial charge in [0.05, 0.1) is 6.61 Å². The topological polar surface area (TPSA) is 78.3 Å². The second-order valence-electron chi connectivity index (χ2n) is 9.78. The first-order valence-electron chi connectivity index (χ1n) is 14.3. The van der Waals surface area contributed by atoms with E-state index in [0.717, 1.165) is 25.7 Å². The van der Waals surface area contributed by atoms with Gasteiger partial charge in [-0.1, -0.05) is 135 Å². The summed E-state index contributed by atoms with van der Waals surface area (Å²) in [5.41, 5.74) is 11.3. The zero-order valence-electron chi connectivity index (χ0n) is 22.5. The lowest BCUT2D eigenvalue weighted by Gasteiger charge is -2.11. The zero-order chi connectivity index (χ0) is 23.5. The van der Waals surface area contributed by atoms with Crippen molar-refractivity contribution in [3.63, 3.8) is 0 Å². The maximum absolute atomic E-state index is 11.8. The zero-order valence-corrected chi connectivity index (χ0v) is 24.2. The van der Waals surface area contributed by atoms with Crippen molar-refractivity contribution >= 4 is 30.8 Å². The molecule has 0 aromatic heterocycles. The van der Waals surface area contributed by atoms with Gasteiger partial charge in [-0.3, -0.25) is 4.79 Å². The second kappa shape index (κ2) is 33.0. The van der Waals surface area contributed by atoms with Gasteiger partial charge in [0.2, 0.25) is 0 Å². The van der Waals surface area contributed by atoms with Crippen molar-refractivity contribution in [3.05, 3.63) is 0 Å². The first kappa shape index (κ1) is 38.5. The molecule has 6 heteroatoms. The van der Waals surface area contributed by atoms with E-state index in [1.807, 2.05) is 0 Å². The highest BCUT2D eigenvalue weighted by molar-refractivity contribution is 5.85. The largest absolute Gasteiger partial charge is 0.465 e. The summed E-state index contributed by atoms with van der Waals surface area (Å²) in [5, 5.41) is 0. The molecule has 0 aliphatic rings. The highest BCUT2D eigenvalue weighted by Crippen LogP contribution is 2.14. The van der Waals surface area contributed by atoms with E-state index >= 15 is 0 Å². The molecule has 208 valence electrons. The number of carbonyl (C=O) groups is 1. The maximum Gasteiger partial charge on any atom is 0.322 e. The van der Waals surface area contributed by atoms with E-state index in [1.54, 1.807) is 0 Å². The summed E-state index contributed by atoms with van der Waals surface area (Å²) in [6, 6.07) is -0.480. The number of hydrogen-bond donors (Lipinski definition) is 2. The number of unbranched alkanes of at least 4 members (excludes halogenated alkanes) is 20. The Balaban J connectivity index is -0.00000480. The van der Waals surface area contributed by atoms with Crippen molar-refractivity contribution in [2.45, 2.75) is 161 Å². The van der Waals surface area contributed by atoms with Gasteiger partial charge in [0.15, 0.2) is 0 Å². The van der Waals surface area contributed by atoms with Gasteiger partial charge >= 0.3 is 5.97 Å². The molecule has 4 N–H and O–H groups in total. The molecule has 0 spiro atoms. The molecular weight excluding hydrogens is 467 g/mol. The van der Waals surface area contributed by atoms with Crippen LogP contribution in [-0.2, 0) is 9.53 Å². The molecule has 0 heterocycles. The lowest BCUT2D eigenvalue weighted by molar-refractivity contribution is -0.145. The predicted octanol–water partition coefficient (Wildman–Crippen LogP) is 8.65. The average Bonchev–Trinajstić information content (AvgIpc) is 2.80. The van der Waals surface area contributed by atoms with Crippen LogP contribution in [0.5, 0.6) is 0 Å². The molecule has 0 amide bonds. The van der Waals surface area contributed by atoms with Gasteiger partial charge in [-0.05, 0) is 25.8 Å². The number of hydrogen-bond acceptors (Lipinski definition) is 4.